The van der Waals surface area contributed by atoms with Crippen molar-refractivity contribution in [2.75, 3.05) is 6.61 Å². The van der Waals surface area contributed by atoms with Gasteiger partial charge in [0.05, 0.1) is 6.61 Å². The third-order valence-corrected chi connectivity index (χ3v) is 2.84. The Morgan fingerprint density at radius 3 is 2.28 bits per heavy atom. The highest BCUT2D eigenvalue weighted by Crippen LogP contribution is 2.23. The minimum atomic E-state index is -1.43. The summed E-state index contributed by atoms with van der Waals surface area (Å²) in [5.74, 6) is 0.460. The molecule has 4 N–H and O–H groups in total. The lowest BCUT2D eigenvalue weighted by atomic mass is 9.99. The van der Waals surface area contributed by atoms with E-state index in [0.29, 0.717) is 5.75 Å². The Balaban J connectivity index is 2.08. The number of para-hydroxylation sites is 1. The molecular formula is C12H16O6. The number of ether oxygens (including phenoxy) is 2. The Morgan fingerprint density at radius 2 is 1.67 bits per heavy atom. The third-order valence-electron chi connectivity index (χ3n) is 2.84. The predicted octanol–water partition coefficient (Wildman–Crippen LogP) is -1.13. The van der Waals surface area contributed by atoms with E-state index in [1.54, 1.807) is 30.3 Å². The van der Waals surface area contributed by atoms with Crippen LogP contribution in [-0.2, 0) is 4.74 Å². The first-order chi connectivity index (χ1) is 8.63. The highest BCUT2D eigenvalue weighted by molar-refractivity contribution is 5.21. The first-order valence-electron chi connectivity index (χ1n) is 5.65. The van der Waals surface area contributed by atoms with Crippen LogP contribution in [0, 0.1) is 0 Å². The Morgan fingerprint density at radius 1 is 1.00 bits per heavy atom. The zero-order chi connectivity index (χ0) is 13.1. The second kappa shape index (κ2) is 5.64. The van der Waals surface area contributed by atoms with E-state index in [1.165, 1.54) is 0 Å². The van der Waals surface area contributed by atoms with Crippen molar-refractivity contribution in [1.82, 2.24) is 0 Å². The quantitative estimate of drug-likeness (QED) is 0.546. The fourth-order valence-corrected chi connectivity index (χ4v) is 1.80. The summed E-state index contributed by atoms with van der Waals surface area (Å²) in [7, 11) is 0. The molecule has 1 aromatic rings. The molecule has 0 amide bonds. The minimum Gasteiger partial charge on any atom is -0.462 e. The predicted molar refractivity (Wildman–Crippen MR) is 60.8 cm³/mol. The van der Waals surface area contributed by atoms with Crippen LogP contribution in [0.5, 0.6) is 5.75 Å². The molecule has 0 radical (unpaired) electrons. The number of hydrogen-bond acceptors (Lipinski definition) is 6. The number of hydrogen-bond donors (Lipinski definition) is 4. The van der Waals surface area contributed by atoms with E-state index in [-0.39, 0.29) is 0 Å². The molecule has 0 bridgehead atoms. The minimum absolute atomic E-state index is 0.460. The van der Waals surface area contributed by atoms with Crippen LogP contribution < -0.4 is 4.74 Å². The highest BCUT2D eigenvalue weighted by atomic mass is 16.7. The lowest BCUT2D eigenvalue weighted by Crippen LogP contribution is -2.60. The van der Waals surface area contributed by atoms with Crippen LogP contribution in [0.1, 0.15) is 0 Å². The van der Waals surface area contributed by atoms with Crippen LogP contribution >= 0.6 is 0 Å². The second-order valence-electron chi connectivity index (χ2n) is 4.13. The maximum atomic E-state index is 9.74. The van der Waals surface area contributed by atoms with Gasteiger partial charge < -0.3 is 29.9 Å². The van der Waals surface area contributed by atoms with Crippen molar-refractivity contribution in [2.45, 2.75) is 30.7 Å². The van der Waals surface area contributed by atoms with Crippen molar-refractivity contribution in [2.24, 2.45) is 0 Å². The molecule has 5 atom stereocenters. The molecule has 1 heterocycles. The SMILES string of the molecule is OC[C@H]1O[C@@H](Oc2ccccc2)[C@H](O)[C@@H](O)[C@H]1O. The first kappa shape index (κ1) is 13.3. The molecule has 18 heavy (non-hydrogen) atoms. The number of benzene rings is 1. The molecule has 100 valence electrons. The van der Waals surface area contributed by atoms with Crippen molar-refractivity contribution < 1.29 is 29.9 Å². The lowest BCUT2D eigenvalue weighted by molar-refractivity contribution is -0.277. The van der Waals surface area contributed by atoms with E-state index in [4.69, 9.17) is 14.6 Å². The van der Waals surface area contributed by atoms with E-state index in [1.807, 2.05) is 0 Å². The van der Waals surface area contributed by atoms with Gasteiger partial charge in [-0.25, -0.2) is 0 Å². The van der Waals surface area contributed by atoms with Crippen molar-refractivity contribution in [3.05, 3.63) is 30.3 Å². The second-order valence-corrected chi connectivity index (χ2v) is 4.13. The summed E-state index contributed by atoms with van der Waals surface area (Å²) >= 11 is 0. The summed E-state index contributed by atoms with van der Waals surface area (Å²) in [5, 5.41) is 37.9. The Labute approximate surface area is 104 Å². The molecule has 1 aliphatic rings. The van der Waals surface area contributed by atoms with Gasteiger partial charge in [-0.05, 0) is 12.1 Å². The molecule has 1 aliphatic heterocycles. The molecule has 1 fully saturated rings. The summed E-state index contributed by atoms with van der Waals surface area (Å²) in [5.41, 5.74) is 0. The Bertz CT molecular complexity index is 368. The van der Waals surface area contributed by atoms with Gasteiger partial charge in [-0.2, -0.15) is 0 Å². The smallest absolute Gasteiger partial charge is 0.229 e. The van der Waals surface area contributed by atoms with Crippen LogP contribution in [0.25, 0.3) is 0 Å². The Hall–Kier alpha value is -1.18. The fraction of sp³-hybridized carbons (Fsp3) is 0.500. The molecule has 0 aliphatic carbocycles. The first-order valence-corrected chi connectivity index (χ1v) is 5.65. The molecule has 6 heteroatoms. The summed E-state index contributed by atoms with van der Waals surface area (Å²) in [6, 6.07) is 8.64. The molecular weight excluding hydrogens is 240 g/mol. The zero-order valence-corrected chi connectivity index (χ0v) is 9.59. The maximum absolute atomic E-state index is 9.74. The topological polar surface area (TPSA) is 99.4 Å². The zero-order valence-electron chi connectivity index (χ0n) is 9.59. The van der Waals surface area contributed by atoms with Gasteiger partial charge in [0.25, 0.3) is 0 Å². The van der Waals surface area contributed by atoms with E-state index in [0.717, 1.165) is 0 Å². The van der Waals surface area contributed by atoms with E-state index in [9.17, 15) is 15.3 Å². The third kappa shape index (κ3) is 2.63. The molecule has 0 aromatic heterocycles. The van der Waals surface area contributed by atoms with Gasteiger partial charge in [0.2, 0.25) is 6.29 Å². The summed E-state index contributed by atoms with van der Waals surface area (Å²) in [6.45, 7) is -0.473. The van der Waals surface area contributed by atoms with Gasteiger partial charge in [0.15, 0.2) is 0 Å². The van der Waals surface area contributed by atoms with E-state index in [2.05, 4.69) is 0 Å². The van der Waals surface area contributed by atoms with Crippen LogP contribution in [0.15, 0.2) is 30.3 Å². The molecule has 0 saturated carbocycles. The van der Waals surface area contributed by atoms with E-state index >= 15 is 0 Å². The van der Waals surface area contributed by atoms with Crippen LogP contribution in [0.3, 0.4) is 0 Å². The fourth-order valence-electron chi connectivity index (χ4n) is 1.80. The van der Waals surface area contributed by atoms with Gasteiger partial charge >= 0.3 is 0 Å². The average molecular weight is 256 g/mol. The van der Waals surface area contributed by atoms with Crippen LogP contribution in [0.2, 0.25) is 0 Å². The highest BCUT2D eigenvalue weighted by Gasteiger charge is 2.44. The Kier molecular flexibility index (Phi) is 4.15. The average Bonchev–Trinajstić information content (AvgIpc) is 2.40. The molecule has 0 unspecified atom stereocenters. The number of aliphatic hydroxyl groups excluding tert-OH is 4. The van der Waals surface area contributed by atoms with Crippen molar-refractivity contribution in [3.8, 4) is 5.75 Å². The van der Waals surface area contributed by atoms with Gasteiger partial charge in [-0.15, -0.1) is 0 Å². The van der Waals surface area contributed by atoms with Crippen molar-refractivity contribution >= 4 is 0 Å². The molecule has 0 spiro atoms. The van der Waals surface area contributed by atoms with Gasteiger partial charge in [0.1, 0.15) is 30.2 Å². The number of rotatable bonds is 3. The summed E-state index contributed by atoms with van der Waals surface area (Å²) in [6.07, 6.45) is -6.28. The molecule has 1 saturated heterocycles. The molecule has 2 rings (SSSR count). The normalized spacial score (nSPS) is 36.3. The lowest BCUT2D eigenvalue weighted by Gasteiger charge is -2.39. The largest absolute Gasteiger partial charge is 0.462 e. The summed E-state index contributed by atoms with van der Waals surface area (Å²) < 4.78 is 10.6. The van der Waals surface area contributed by atoms with E-state index < -0.39 is 37.3 Å². The standard InChI is InChI=1S/C12H16O6/c13-6-8-9(14)10(15)11(16)12(18-8)17-7-4-2-1-3-5-7/h1-5,8-16H,6H2/t8-,9+,10+,11-,12-/m1/s1. The maximum Gasteiger partial charge on any atom is 0.229 e. The van der Waals surface area contributed by atoms with Crippen molar-refractivity contribution in [3.63, 3.8) is 0 Å². The number of aliphatic hydroxyl groups is 4. The molecule has 6 nitrogen and oxygen atoms in total. The van der Waals surface area contributed by atoms with Crippen LogP contribution in [0.4, 0.5) is 0 Å². The summed E-state index contributed by atoms with van der Waals surface area (Å²) in [4.78, 5) is 0. The molecule has 1 aromatic carbocycles. The van der Waals surface area contributed by atoms with Crippen molar-refractivity contribution in [1.29, 1.82) is 0 Å². The van der Waals surface area contributed by atoms with Crippen LogP contribution in [-0.4, -0.2) is 57.7 Å². The van der Waals surface area contributed by atoms with Gasteiger partial charge in [0, 0.05) is 0 Å². The van der Waals surface area contributed by atoms with Gasteiger partial charge in [-0.3, -0.25) is 0 Å². The van der Waals surface area contributed by atoms with Gasteiger partial charge in [-0.1, -0.05) is 18.2 Å². The monoisotopic (exact) mass is 256 g/mol.